The normalized spacial score (nSPS) is 53.8. The molecule has 30 saturated heterocycles. The molecule has 30 rings (SSSR count). The fourth-order valence-electron chi connectivity index (χ4n) is 12.2. The summed E-state index contributed by atoms with van der Waals surface area (Å²) in [5, 5.41) is 266. The van der Waals surface area contributed by atoms with Gasteiger partial charge in [-0.15, -0.1) is 0 Å². The SMILES string of the molecule is CC(O)COC[C@H]1O[C@@H]2O[C@H]3[C@H](O)[C@@H](O)[C@@H](O[C@H]4[C@H](O)[C@@H](O)[C@@H](O[C@H]5[C@H](O)[C@@H](O)[C@@H](O[C@H]6[C@H](O)[C@@H](O)[C@@H](O[C@H]7[C@H](O)[C@@H](O)[C@@H](O[C@H]8[C@H](O)[C@@H](O)[C@@H](O[C@H]9[C@H](O)[C@@H](O)[C@@H](O[C@H]1[C@H](O)[C@H]2O)O[C@@H]9CO)O[C@@H]8CO)O[C@@H]7CO)O[C@@H]6CO)O[C@@H]5CO)O[C@@H]4CO)O[C@@H]3CO. The first-order chi connectivity index (χ1) is 43.7. The molecule has 0 aromatic rings. The van der Waals surface area contributed by atoms with E-state index in [0.29, 0.717) is 0 Å². The van der Waals surface area contributed by atoms with E-state index in [9.17, 15) is 123 Å². The molecule has 41 atom stereocenters. The zero-order chi connectivity index (χ0) is 67.1. The highest BCUT2D eigenvalue weighted by molar-refractivity contribution is 5.02. The van der Waals surface area contributed by atoms with Crippen LogP contribution in [-0.2, 0) is 80.5 Å². The molecule has 0 aromatic carbocycles. The van der Waals surface area contributed by atoms with E-state index in [2.05, 4.69) is 0 Å². The second-order valence-electron chi connectivity index (χ2n) is 23.7. The maximum absolute atomic E-state index is 11.7. The Labute approximate surface area is 520 Å². The minimum absolute atomic E-state index is 0.387. The Balaban J connectivity index is 0.990. The number of hydrogen-bond acceptors (Lipinski definition) is 41. The second kappa shape index (κ2) is 32.1. The Hall–Kier alpha value is -1.64. The standard InChI is InChI=1S/C51H86O41/c1-11(59)9-76-10-19-43-27(67)35(75)51(84-19)91-42-18(8-58)82-49(33(73)25(42)65)89-40-16(6-56)80-47(31(71)23(40)63)87-38-14(4-54)78-45(29(69)21(38)61)85-36-12(2-52)77-44(28(68)20(36)60)86-37-13(3-53)79-46(30(70)22(37)62)88-39-15(5-55)81-48(32(72)24(39)64)90-41-17(7-57)83-50(92-43)34(74)26(41)66/h11-75H,2-10H2,1H3/t11?,12-,13-,14-,15-,16-,17-,18-,19-,20-,21-,22-,23-,24-,25-,26-,27-,28-,29-,30-,31-,32-,33-,34-,35-,36-,37-,38-,39-,40-,41-,42-,43-,44-,45-,46-,47-,48-,49-,50-,51-/m1/s1. The number of rotatable bonds is 11. The van der Waals surface area contributed by atoms with Gasteiger partial charge in [0.1, 0.15) is 195 Å². The molecule has 0 spiro atoms. The lowest BCUT2D eigenvalue weighted by Crippen LogP contribution is -2.69. The highest BCUT2D eigenvalue weighted by atomic mass is 16.8. The molecule has 16 bridgehead atoms. The third kappa shape index (κ3) is 15.2. The zero-order valence-electron chi connectivity index (χ0n) is 48.7. The van der Waals surface area contributed by atoms with Crippen LogP contribution < -0.4 is 0 Å². The molecule has 30 heterocycles. The van der Waals surface area contributed by atoms with E-state index in [-0.39, 0.29) is 6.61 Å². The van der Waals surface area contributed by atoms with Crippen molar-refractivity contribution in [1.29, 1.82) is 0 Å². The van der Waals surface area contributed by atoms with Crippen LogP contribution in [0.2, 0.25) is 0 Å². The van der Waals surface area contributed by atoms with Gasteiger partial charge in [0.25, 0.3) is 0 Å². The van der Waals surface area contributed by atoms with Crippen LogP contribution in [0.3, 0.4) is 0 Å². The van der Waals surface area contributed by atoms with E-state index < -0.39 is 305 Å². The molecule has 30 fully saturated rings. The molecule has 41 heteroatoms. The van der Waals surface area contributed by atoms with Gasteiger partial charge in [0.15, 0.2) is 50.3 Å². The van der Waals surface area contributed by atoms with Gasteiger partial charge in [-0.1, -0.05) is 0 Å². The molecular formula is C51H86O41. The Morgan fingerprint density at radius 2 is 0.370 bits per heavy atom. The fourth-order valence-corrected chi connectivity index (χ4v) is 12.2. The highest BCUT2D eigenvalue weighted by Crippen LogP contribution is 2.40. The van der Waals surface area contributed by atoms with Crippen molar-refractivity contribution in [3.05, 3.63) is 0 Å². The monoisotopic (exact) mass is 1350 g/mol. The molecule has 0 amide bonds. The number of ether oxygens (including phenoxy) is 17. The van der Waals surface area contributed by atoms with Gasteiger partial charge >= 0.3 is 0 Å². The summed E-state index contributed by atoms with van der Waals surface area (Å²) >= 11 is 0. The van der Waals surface area contributed by atoms with Crippen molar-refractivity contribution in [2.24, 2.45) is 0 Å². The van der Waals surface area contributed by atoms with Gasteiger partial charge in [-0.3, -0.25) is 0 Å². The minimum Gasteiger partial charge on any atom is -0.394 e. The van der Waals surface area contributed by atoms with Crippen LogP contribution in [0, 0.1) is 0 Å². The second-order valence-corrected chi connectivity index (χ2v) is 23.7. The first kappa shape index (κ1) is 74.6. The Bertz CT molecular complexity index is 2220. The maximum atomic E-state index is 11.7. The van der Waals surface area contributed by atoms with Gasteiger partial charge in [0.2, 0.25) is 0 Å². The van der Waals surface area contributed by atoms with Crippen LogP contribution in [0.25, 0.3) is 0 Å². The van der Waals surface area contributed by atoms with E-state index >= 15 is 0 Å². The van der Waals surface area contributed by atoms with Crippen LogP contribution in [0.5, 0.6) is 0 Å². The highest BCUT2D eigenvalue weighted by Gasteiger charge is 2.60. The summed E-state index contributed by atoms with van der Waals surface area (Å²) in [6.07, 6.45) is -83.1. The van der Waals surface area contributed by atoms with E-state index in [1.165, 1.54) is 6.92 Å². The Kier molecular flexibility index (Phi) is 26.0. The quantitative estimate of drug-likeness (QED) is 0.0913. The summed E-state index contributed by atoms with van der Waals surface area (Å²) in [4.78, 5) is 0. The van der Waals surface area contributed by atoms with Crippen molar-refractivity contribution in [3.8, 4) is 0 Å². The van der Waals surface area contributed by atoms with E-state index in [4.69, 9.17) is 80.5 Å². The summed E-state index contributed by atoms with van der Waals surface area (Å²) in [5.41, 5.74) is 0. The molecule has 92 heavy (non-hydrogen) atoms. The van der Waals surface area contributed by atoms with Crippen molar-refractivity contribution < 1.29 is 203 Å². The van der Waals surface area contributed by atoms with Crippen molar-refractivity contribution in [2.45, 2.75) is 259 Å². The lowest BCUT2D eigenvalue weighted by atomic mass is 9.94. The van der Waals surface area contributed by atoms with Gasteiger partial charge in [0.05, 0.1) is 65.6 Å². The van der Waals surface area contributed by atoms with Gasteiger partial charge in [-0.05, 0) is 6.92 Å². The number of aliphatic hydroxyl groups excluding tert-OH is 24. The van der Waals surface area contributed by atoms with E-state index in [0.717, 1.165) is 0 Å². The predicted octanol–water partition coefficient (Wildman–Crippen LogP) is -17.0. The zero-order valence-corrected chi connectivity index (χ0v) is 48.7. The predicted molar refractivity (Wildman–Crippen MR) is 276 cm³/mol. The van der Waals surface area contributed by atoms with Crippen LogP contribution in [0.1, 0.15) is 6.92 Å². The first-order valence-electron chi connectivity index (χ1n) is 29.6. The van der Waals surface area contributed by atoms with Crippen LogP contribution in [0.4, 0.5) is 0 Å². The molecule has 0 saturated carbocycles. The molecule has 41 nitrogen and oxygen atoms in total. The summed E-state index contributed by atoms with van der Waals surface area (Å²) in [5.74, 6) is 0. The number of aliphatic hydroxyl groups is 24. The molecule has 0 aromatic heterocycles. The lowest BCUT2D eigenvalue weighted by Gasteiger charge is -2.50. The molecule has 1 unspecified atom stereocenters. The van der Waals surface area contributed by atoms with Crippen molar-refractivity contribution in [3.63, 3.8) is 0 Å². The average Bonchev–Trinajstić information content (AvgIpc) is 0.796. The first-order valence-corrected chi connectivity index (χ1v) is 29.6. The summed E-state index contributed by atoms with van der Waals surface area (Å²) in [7, 11) is 0. The van der Waals surface area contributed by atoms with Gasteiger partial charge in [-0.25, -0.2) is 0 Å². The van der Waals surface area contributed by atoms with Gasteiger partial charge in [0, 0.05) is 0 Å². The molecule has 30 aliphatic heterocycles. The summed E-state index contributed by atoms with van der Waals surface area (Å²) in [6, 6.07) is 0. The Morgan fingerprint density at radius 3 is 0.511 bits per heavy atom. The van der Waals surface area contributed by atoms with E-state index in [1.54, 1.807) is 0 Å². The molecular weight excluding hydrogens is 1270 g/mol. The molecule has 536 valence electrons. The van der Waals surface area contributed by atoms with Gasteiger partial charge in [-0.2, -0.15) is 0 Å². The van der Waals surface area contributed by atoms with E-state index in [1.807, 2.05) is 0 Å². The lowest BCUT2D eigenvalue weighted by molar-refractivity contribution is -0.404. The maximum Gasteiger partial charge on any atom is 0.187 e. The fraction of sp³-hybridized carbons (Fsp3) is 1.00. The minimum atomic E-state index is -2.26. The molecule has 24 N–H and O–H groups in total. The van der Waals surface area contributed by atoms with Crippen molar-refractivity contribution >= 4 is 0 Å². The van der Waals surface area contributed by atoms with Crippen LogP contribution in [-0.4, -0.2) is 434 Å². The Morgan fingerprint density at radius 1 is 0.228 bits per heavy atom. The molecule has 0 radical (unpaired) electrons. The smallest absolute Gasteiger partial charge is 0.187 e. The van der Waals surface area contributed by atoms with Crippen molar-refractivity contribution in [2.75, 3.05) is 59.5 Å². The summed E-state index contributed by atoms with van der Waals surface area (Å²) < 4.78 is 97.6. The van der Waals surface area contributed by atoms with Crippen LogP contribution in [0.15, 0.2) is 0 Å². The third-order valence-electron chi connectivity index (χ3n) is 17.4. The third-order valence-corrected chi connectivity index (χ3v) is 17.4. The van der Waals surface area contributed by atoms with Crippen molar-refractivity contribution in [1.82, 2.24) is 0 Å². The van der Waals surface area contributed by atoms with Gasteiger partial charge < -0.3 is 203 Å². The van der Waals surface area contributed by atoms with Crippen LogP contribution >= 0.6 is 0 Å². The molecule has 0 aliphatic carbocycles. The number of hydrogen-bond donors (Lipinski definition) is 24. The average molecular weight is 1360 g/mol. The molecule has 30 aliphatic rings. The largest absolute Gasteiger partial charge is 0.394 e. The topological polar surface area (TPSA) is 642 Å². The summed E-state index contributed by atoms with van der Waals surface area (Å²) in [6.45, 7) is -7.27.